The zero-order valence-electron chi connectivity index (χ0n) is 11.1. The highest BCUT2D eigenvalue weighted by atomic mass is 79.9. The number of aryl methyl sites for hydroxylation is 1. The quantitative estimate of drug-likeness (QED) is 0.794. The van der Waals surface area contributed by atoms with Crippen molar-refractivity contribution in [1.29, 1.82) is 0 Å². The predicted molar refractivity (Wildman–Crippen MR) is 77.3 cm³/mol. The molecule has 2 atom stereocenters. The Bertz CT molecular complexity index is 503. The first-order chi connectivity index (χ1) is 9.16. The van der Waals surface area contributed by atoms with Crippen LogP contribution in [-0.4, -0.2) is 36.1 Å². The third-order valence-electron chi connectivity index (χ3n) is 4.10. The van der Waals surface area contributed by atoms with Crippen molar-refractivity contribution in [1.82, 2.24) is 4.90 Å². The van der Waals surface area contributed by atoms with Gasteiger partial charge in [-0.1, -0.05) is 6.07 Å². The van der Waals surface area contributed by atoms with Crippen LogP contribution in [0, 0.1) is 6.92 Å². The SMILES string of the molecule is Cc1ccc(C(=O)N2CCOC3CCCC32)c(Br)c1. The Hall–Kier alpha value is -0.870. The Morgan fingerprint density at radius 1 is 1.42 bits per heavy atom. The van der Waals surface area contributed by atoms with Crippen LogP contribution in [0.2, 0.25) is 0 Å². The number of benzene rings is 1. The zero-order chi connectivity index (χ0) is 13.4. The molecule has 2 unspecified atom stereocenters. The molecule has 2 aliphatic rings. The number of ether oxygens (including phenoxy) is 1. The average molecular weight is 324 g/mol. The fourth-order valence-electron chi connectivity index (χ4n) is 3.13. The van der Waals surface area contributed by atoms with Crippen molar-refractivity contribution in [2.75, 3.05) is 13.2 Å². The number of nitrogens with zero attached hydrogens (tertiary/aromatic N) is 1. The standard InChI is InChI=1S/C15H18BrNO2/c1-10-5-6-11(12(16)9-10)15(18)17-7-8-19-14-4-2-3-13(14)17/h5-6,9,13-14H,2-4,7-8H2,1H3. The average Bonchev–Trinajstić information content (AvgIpc) is 2.86. The summed E-state index contributed by atoms with van der Waals surface area (Å²) in [4.78, 5) is 14.7. The molecule has 1 aromatic rings. The molecule has 3 nitrogen and oxygen atoms in total. The molecule has 19 heavy (non-hydrogen) atoms. The molecule has 1 amide bonds. The molecular weight excluding hydrogens is 306 g/mol. The highest BCUT2D eigenvalue weighted by Crippen LogP contribution is 2.31. The van der Waals surface area contributed by atoms with E-state index < -0.39 is 0 Å². The van der Waals surface area contributed by atoms with Gasteiger partial charge in [-0.3, -0.25) is 4.79 Å². The number of fused-ring (bicyclic) bond motifs is 1. The fraction of sp³-hybridized carbons (Fsp3) is 0.533. The van der Waals surface area contributed by atoms with Crippen LogP contribution in [0.3, 0.4) is 0 Å². The van der Waals surface area contributed by atoms with Crippen molar-refractivity contribution in [3.8, 4) is 0 Å². The van der Waals surface area contributed by atoms with Crippen LogP contribution < -0.4 is 0 Å². The first-order valence-electron chi connectivity index (χ1n) is 6.85. The van der Waals surface area contributed by atoms with Gasteiger partial charge in [0.05, 0.1) is 24.3 Å². The largest absolute Gasteiger partial charge is 0.374 e. The van der Waals surface area contributed by atoms with Gasteiger partial charge in [-0.25, -0.2) is 0 Å². The summed E-state index contributed by atoms with van der Waals surface area (Å²) in [5, 5.41) is 0. The number of carbonyl (C=O) groups excluding carboxylic acids is 1. The van der Waals surface area contributed by atoms with E-state index >= 15 is 0 Å². The Morgan fingerprint density at radius 3 is 3.05 bits per heavy atom. The maximum absolute atomic E-state index is 12.7. The predicted octanol–water partition coefficient (Wildman–Crippen LogP) is 3.15. The van der Waals surface area contributed by atoms with Crippen LogP contribution in [0.25, 0.3) is 0 Å². The molecule has 0 aromatic heterocycles. The van der Waals surface area contributed by atoms with E-state index in [1.165, 1.54) is 0 Å². The minimum Gasteiger partial charge on any atom is -0.374 e. The molecule has 3 rings (SSSR count). The van der Waals surface area contributed by atoms with Crippen molar-refractivity contribution < 1.29 is 9.53 Å². The van der Waals surface area contributed by atoms with Crippen LogP contribution in [0.5, 0.6) is 0 Å². The Morgan fingerprint density at radius 2 is 2.26 bits per heavy atom. The van der Waals surface area contributed by atoms with E-state index in [1.54, 1.807) is 0 Å². The van der Waals surface area contributed by atoms with E-state index in [-0.39, 0.29) is 18.1 Å². The third kappa shape index (κ3) is 2.43. The third-order valence-corrected chi connectivity index (χ3v) is 4.75. The summed E-state index contributed by atoms with van der Waals surface area (Å²) in [5.41, 5.74) is 1.92. The van der Waals surface area contributed by atoms with Gasteiger partial charge in [0.25, 0.3) is 5.91 Å². The lowest BCUT2D eigenvalue weighted by Gasteiger charge is -2.37. The summed E-state index contributed by atoms with van der Waals surface area (Å²) in [7, 11) is 0. The monoisotopic (exact) mass is 323 g/mol. The number of halogens is 1. The van der Waals surface area contributed by atoms with Crippen molar-refractivity contribution in [2.24, 2.45) is 0 Å². The normalized spacial score (nSPS) is 26.3. The lowest BCUT2D eigenvalue weighted by Crippen LogP contribution is -2.51. The number of hydrogen-bond acceptors (Lipinski definition) is 2. The van der Waals surface area contributed by atoms with E-state index in [4.69, 9.17) is 4.74 Å². The minimum atomic E-state index is 0.132. The molecule has 102 valence electrons. The van der Waals surface area contributed by atoms with E-state index in [2.05, 4.69) is 15.9 Å². The van der Waals surface area contributed by atoms with Crippen LogP contribution in [0.15, 0.2) is 22.7 Å². The van der Waals surface area contributed by atoms with Crippen LogP contribution >= 0.6 is 15.9 Å². The molecule has 1 aliphatic carbocycles. The second-order valence-corrected chi connectivity index (χ2v) is 6.24. The highest BCUT2D eigenvalue weighted by Gasteiger charge is 2.38. The van der Waals surface area contributed by atoms with Gasteiger partial charge in [0, 0.05) is 11.0 Å². The molecule has 1 saturated carbocycles. The van der Waals surface area contributed by atoms with Gasteiger partial charge in [-0.05, 0) is 59.8 Å². The summed E-state index contributed by atoms with van der Waals surface area (Å²) in [6.45, 7) is 3.40. The van der Waals surface area contributed by atoms with E-state index in [9.17, 15) is 4.79 Å². The van der Waals surface area contributed by atoms with Gasteiger partial charge in [0.1, 0.15) is 0 Å². The number of amides is 1. The van der Waals surface area contributed by atoms with Gasteiger partial charge in [-0.2, -0.15) is 0 Å². The Labute approximate surface area is 122 Å². The first-order valence-corrected chi connectivity index (χ1v) is 7.65. The molecule has 2 fully saturated rings. The summed E-state index contributed by atoms with van der Waals surface area (Å²) in [6.07, 6.45) is 3.57. The van der Waals surface area contributed by atoms with Crippen molar-refractivity contribution >= 4 is 21.8 Å². The molecule has 1 heterocycles. The number of rotatable bonds is 1. The summed E-state index contributed by atoms with van der Waals surface area (Å²) >= 11 is 3.51. The van der Waals surface area contributed by atoms with Gasteiger partial charge >= 0.3 is 0 Å². The van der Waals surface area contributed by atoms with E-state index in [1.807, 2.05) is 30.0 Å². The zero-order valence-corrected chi connectivity index (χ0v) is 12.6. The van der Waals surface area contributed by atoms with Gasteiger partial charge in [0.2, 0.25) is 0 Å². The van der Waals surface area contributed by atoms with Crippen molar-refractivity contribution in [3.63, 3.8) is 0 Å². The second-order valence-electron chi connectivity index (χ2n) is 5.39. The Balaban J connectivity index is 1.86. The van der Waals surface area contributed by atoms with Crippen LogP contribution in [0.1, 0.15) is 35.2 Å². The number of morpholine rings is 1. The van der Waals surface area contributed by atoms with Crippen LogP contribution in [-0.2, 0) is 4.74 Å². The summed E-state index contributed by atoms with van der Waals surface area (Å²) in [6, 6.07) is 6.18. The van der Waals surface area contributed by atoms with E-state index in [0.29, 0.717) is 13.2 Å². The molecule has 0 radical (unpaired) electrons. The van der Waals surface area contributed by atoms with Gasteiger partial charge < -0.3 is 9.64 Å². The van der Waals surface area contributed by atoms with Gasteiger partial charge in [-0.15, -0.1) is 0 Å². The van der Waals surface area contributed by atoms with Gasteiger partial charge in [0.15, 0.2) is 0 Å². The first kappa shape index (κ1) is 13.1. The van der Waals surface area contributed by atoms with Crippen molar-refractivity contribution in [2.45, 2.75) is 38.3 Å². The minimum absolute atomic E-state index is 0.132. The molecular formula is C15H18BrNO2. The van der Waals surface area contributed by atoms with E-state index in [0.717, 1.165) is 34.9 Å². The molecule has 0 spiro atoms. The highest BCUT2D eigenvalue weighted by molar-refractivity contribution is 9.10. The summed E-state index contributed by atoms with van der Waals surface area (Å²) < 4.78 is 6.65. The maximum Gasteiger partial charge on any atom is 0.255 e. The second kappa shape index (κ2) is 5.25. The molecule has 1 saturated heterocycles. The molecule has 1 aromatic carbocycles. The lowest BCUT2D eigenvalue weighted by molar-refractivity contribution is -0.0445. The fourth-order valence-corrected chi connectivity index (χ4v) is 3.79. The van der Waals surface area contributed by atoms with Crippen LogP contribution in [0.4, 0.5) is 0 Å². The smallest absolute Gasteiger partial charge is 0.255 e. The van der Waals surface area contributed by atoms with Crippen molar-refractivity contribution in [3.05, 3.63) is 33.8 Å². The molecule has 1 aliphatic heterocycles. The Kier molecular flexibility index (Phi) is 3.63. The number of carbonyl (C=O) groups is 1. The molecule has 0 N–H and O–H groups in total. The topological polar surface area (TPSA) is 29.5 Å². The molecule has 0 bridgehead atoms. The molecule has 4 heteroatoms. The summed E-state index contributed by atoms with van der Waals surface area (Å²) in [5.74, 6) is 0.132. The maximum atomic E-state index is 12.7. The lowest BCUT2D eigenvalue weighted by atomic mass is 10.1. The number of hydrogen-bond donors (Lipinski definition) is 0.